The van der Waals surface area contributed by atoms with Gasteiger partial charge in [0.2, 0.25) is 5.91 Å². The van der Waals surface area contributed by atoms with Crippen molar-refractivity contribution in [2.75, 3.05) is 26.0 Å². The van der Waals surface area contributed by atoms with E-state index in [1.54, 1.807) is 0 Å². The molecule has 3 heterocycles. The van der Waals surface area contributed by atoms with Crippen LogP contribution in [-0.4, -0.2) is 51.0 Å². The van der Waals surface area contributed by atoms with Gasteiger partial charge in [0.15, 0.2) is 5.82 Å². The Morgan fingerprint density at radius 1 is 1.33 bits per heavy atom. The van der Waals surface area contributed by atoms with Crippen LogP contribution in [0.25, 0.3) is 16.9 Å². The number of H-pyrrole nitrogens is 1. The molecule has 27 heavy (non-hydrogen) atoms. The van der Waals surface area contributed by atoms with E-state index in [9.17, 15) is 4.79 Å². The number of fused-ring (bicyclic) bond motifs is 2. The number of aromatic amines is 1. The molecule has 4 rings (SSSR count). The second kappa shape index (κ2) is 6.49. The molecule has 1 aliphatic carbocycles. The number of likely N-dealkylation sites (N-methyl/N-ethyl adjacent to an activating group) is 1. The maximum Gasteiger partial charge on any atom is 0.239 e. The van der Waals surface area contributed by atoms with Crippen molar-refractivity contribution in [3.63, 3.8) is 0 Å². The predicted octanol–water partition coefficient (Wildman–Crippen LogP) is 2.74. The molecule has 0 aliphatic heterocycles. The van der Waals surface area contributed by atoms with Crippen LogP contribution in [0, 0.1) is 5.41 Å². The topological polar surface area (TPSA) is 78.3 Å². The molecular formula is C20H26N6O. The number of anilines is 1. The van der Waals surface area contributed by atoms with Crippen molar-refractivity contribution in [3.8, 4) is 11.3 Å². The Balaban J connectivity index is 1.61. The Kier molecular flexibility index (Phi) is 4.26. The van der Waals surface area contributed by atoms with Gasteiger partial charge < -0.3 is 14.6 Å². The minimum Gasteiger partial charge on any atom is -0.308 e. The molecule has 0 saturated carbocycles. The molecule has 1 amide bonds. The van der Waals surface area contributed by atoms with Crippen LogP contribution in [0.4, 0.5) is 5.82 Å². The fourth-order valence-corrected chi connectivity index (χ4v) is 3.75. The molecule has 3 aromatic rings. The first kappa shape index (κ1) is 17.7. The number of amides is 1. The maximum absolute atomic E-state index is 12.0. The zero-order valence-electron chi connectivity index (χ0n) is 16.3. The van der Waals surface area contributed by atoms with Crippen molar-refractivity contribution in [1.29, 1.82) is 0 Å². The zero-order valence-corrected chi connectivity index (χ0v) is 16.3. The molecule has 2 N–H and O–H groups in total. The standard InChI is InChI=1S/C20H26N6O/c1-20(2)8-7-14-15(9-20)23-24-19(14)13-5-6-17-21-16(11-26(17)10-13)22-18(27)12-25(3)4/h5-6,10-11H,7-9,12H2,1-4H3,(H,22,27)(H,23,24). The van der Waals surface area contributed by atoms with Crippen LogP contribution in [0.3, 0.4) is 0 Å². The van der Waals surface area contributed by atoms with E-state index in [2.05, 4.69) is 34.3 Å². The van der Waals surface area contributed by atoms with Gasteiger partial charge in [-0.1, -0.05) is 13.8 Å². The van der Waals surface area contributed by atoms with Gasteiger partial charge in [0, 0.05) is 23.0 Å². The van der Waals surface area contributed by atoms with Gasteiger partial charge in [0.1, 0.15) is 5.65 Å². The molecule has 0 spiro atoms. The molecule has 3 aromatic heterocycles. The summed E-state index contributed by atoms with van der Waals surface area (Å²) in [7, 11) is 3.72. The summed E-state index contributed by atoms with van der Waals surface area (Å²) in [5.74, 6) is 0.484. The lowest BCUT2D eigenvalue weighted by atomic mass is 9.76. The molecule has 0 unspecified atom stereocenters. The van der Waals surface area contributed by atoms with Crippen LogP contribution in [0.1, 0.15) is 31.5 Å². The van der Waals surface area contributed by atoms with Gasteiger partial charge in [0.05, 0.1) is 18.4 Å². The Bertz CT molecular complexity index is 997. The first-order valence-electron chi connectivity index (χ1n) is 9.31. The van der Waals surface area contributed by atoms with Gasteiger partial charge in [0.25, 0.3) is 0 Å². The van der Waals surface area contributed by atoms with E-state index in [1.165, 1.54) is 17.7 Å². The third kappa shape index (κ3) is 3.60. The molecule has 0 radical (unpaired) electrons. The average molecular weight is 366 g/mol. The van der Waals surface area contributed by atoms with Crippen LogP contribution in [0.5, 0.6) is 0 Å². The van der Waals surface area contributed by atoms with E-state index in [0.29, 0.717) is 17.8 Å². The first-order chi connectivity index (χ1) is 12.8. The third-order valence-electron chi connectivity index (χ3n) is 5.11. The lowest BCUT2D eigenvalue weighted by Gasteiger charge is -2.29. The maximum atomic E-state index is 12.0. The molecule has 7 heteroatoms. The number of nitrogens with zero attached hydrogens (tertiary/aromatic N) is 4. The number of rotatable bonds is 4. The largest absolute Gasteiger partial charge is 0.308 e. The number of nitrogens with one attached hydrogen (secondary N) is 2. The highest BCUT2D eigenvalue weighted by Gasteiger charge is 2.29. The van der Waals surface area contributed by atoms with Crippen molar-refractivity contribution in [1.82, 2.24) is 24.5 Å². The number of hydrogen-bond donors (Lipinski definition) is 2. The number of hydrogen-bond acceptors (Lipinski definition) is 4. The van der Waals surface area contributed by atoms with Crippen LogP contribution in [0.15, 0.2) is 24.5 Å². The number of carbonyl (C=O) groups excluding carboxylic acids is 1. The lowest BCUT2D eigenvalue weighted by Crippen LogP contribution is -2.27. The number of carbonyl (C=O) groups is 1. The van der Waals surface area contributed by atoms with E-state index >= 15 is 0 Å². The van der Waals surface area contributed by atoms with Crippen molar-refractivity contribution in [2.24, 2.45) is 5.41 Å². The number of pyridine rings is 1. The van der Waals surface area contributed by atoms with E-state index in [4.69, 9.17) is 0 Å². The Morgan fingerprint density at radius 3 is 2.93 bits per heavy atom. The van der Waals surface area contributed by atoms with Crippen LogP contribution in [-0.2, 0) is 17.6 Å². The second-order valence-corrected chi connectivity index (χ2v) is 8.47. The fraction of sp³-hybridized carbons (Fsp3) is 0.450. The van der Waals surface area contributed by atoms with Gasteiger partial charge in [-0.05, 0) is 50.9 Å². The third-order valence-corrected chi connectivity index (χ3v) is 5.11. The van der Waals surface area contributed by atoms with E-state index < -0.39 is 0 Å². The highest BCUT2D eigenvalue weighted by atomic mass is 16.2. The molecule has 0 bridgehead atoms. The second-order valence-electron chi connectivity index (χ2n) is 8.47. The van der Waals surface area contributed by atoms with Gasteiger partial charge in [-0.15, -0.1) is 0 Å². The summed E-state index contributed by atoms with van der Waals surface area (Å²) in [5, 5.41) is 10.7. The SMILES string of the molecule is CN(C)CC(=O)Nc1cn2cc(-c3n[nH]c4c3CCC(C)(C)C4)ccc2n1. The normalized spacial score (nSPS) is 15.9. The van der Waals surface area contributed by atoms with Gasteiger partial charge in [-0.25, -0.2) is 4.98 Å². The van der Waals surface area contributed by atoms with Crippen LogP contribution in [0.2, 0.25) is 0 Å². The summed E-state index contributed by atoms with van der Waals surface area (Å²) < 4.78 is 1.94. The van der Waals surface area contributed by atoms with Crippen molar-refractivity contribution in [3.05, 3.63) is 35.8 Å². The molecule has 7 nitrogen and oxygen atoms in total. The summed E-state index contributed by atoms with van der Waals surface area (Å²) in [6.45, 7) is 4.94. The predicted molar refractivity (Wildman–Crippen MR) is 106 cm³/mol. The van der Waals surface area contributed by atoms with Gasteiger partial charge in [-0.3, -0.25) is 9.89 Å². The summed E-state index contributed by atoms with van der Waals surface area (Å²) >= 11 is 0. The number of aromatic nitrogens is 4. The van der Waals surface area contributed by atoms with E-state index in [0.717, 1.165) is 29.7 Å². The molecule has 0 atom stereocenters. The monoisotopic (exact) mass is 366 g/mol. The molecule has 0 aromatic carbocycles. The van der Waals surface area contributed by atoms with E-state index in [-0.39, 0.29) is 5.91 Å². The highest BCUT2D eigenvalue weighted by molar-refractivity contribution is 5.91. The molecule has 1 aliphatic rings. The summed E-state index contributed by atoms with van der Waals surface area (Å²) in [5.41, 5.74) is 5.78. The minimum absolute atomic E-state index is 0.0763. The highest BCUT2D eigenvalue weighted by Crippen LogP contribution is 2.37. The molecule has 0 fully saturated rings. The van der Waals surface area contributed by atoms with Gasteiger partial charge in [-0.2, -0.15) is 5.10 Å². The summed E-state index contributed by atoms with van der Waals surface area (Å²) in [4.78, 5) is 18.2. The molecule has 142 valence electrons. The van der Waals surface area contributed by atoms with Crippen LogP contribution < -0.4 is 5.32 Å². The quantitative estimate of drug-likeness (QED) is 0.744. The van der Waals surface area contributed by atoms with Crippen molar-refractivity contribution in [2.45, 2.75) is 33.1 Å². The average Bonchev–Trinajstić information content (AvgIpc) is 3.14. The van der Waals surface area contributed by atoms with Crippen molar-refractivity contribution >= 4 is 17.4 Å². The van der Waals surface area contributed by atoms with Gasteiger partial charge >= 0.3 is 0 Å². The molecular weight excluding hydrogens is 340 g/mol. The molecule has 0 saturated heterocycles. The van der Waals surface area contributed by atoms with E-state index in [1.807, 2.05) is 47.9 Å². The Hall–Kier alpha value is -2.67. The Morgan fingerprint density at radius 2 is 2.15 bits per heavy atom. The summed E-state index contributed by atoms with van der Waals surface area (Å²) in [6, 6.07) is 4.01. The first-order valence-corrected chi connectivity index (χ1v) is 9.31. The minimum atomic E-state index is -0.0763. The van der Waals surface area contributed by atoms with Crippen LogP contribution >= 0.6 is 0 Å². The lowest BCUT2D eigenvalue weighted by molar-refractivity contribution is -0.116. The fourth-order valence-electron chi connectivity index (χ4n) is 3.75. The Labute approximate surface area is 158 Å². The zero-order chi connectivity index (χ0) is 19.2. The smallest absolute Gasteiger partial charge is 0.239 e. The summed E-state index contributed by atoms with van der Waals surface area (Å²) in [6.07, 6.45) is 7.11. The van der Waals surface area contributed by atoms with Crippen molar-refractivity contribution < 1.29 is 4.79 Å². The number of imidazole rings is 1.